The Labute approximate surface area is 142 Å². The molecule has 24 heavy (non-hydrogen) atoms. The molecule has 1 atom stereocenters. The van der Waals surface area contributed by atoms with Gasteiger partial charge < -0.3 is 4.57 Å². The molecule has 1 N–H and O–H groups in total. The minimum Gasteiger partial charge on any atom is -0.302 e. The summed E-state index contributed by atoms with van der Waals surface area (Å²) in [5, 5.41) is 0. The first kappa shape index (κ1) is 16.8. The van der Waals surface area contributed by atoms with Crippen molar-refractivity contribution < 1.29 is 12.8 Å². The number of aromatic nitrogens is 1. The van der Waals surface area contributed by atoms with Gasteiger partial charge in [0.2, 0.25) is 10.0 Å². The molecule has 0 amide bonds. The number of hydrogen-bond donors (Lipinski definition) is 1. The largest absolute Gasteiger partial charge is 0.307 e. The van der Waals surface area contributed by atoms with Crippen LogP contribution < -0.4 is 9.60 Å². The number of rotatable bonds is 4. The molecule has 0 spiro atoms. The molecule has 5 nitrogen and oxygen atoms in total. The molecule has 3 rings (SSSR count). The van der Waals surface area contributed by atoms with Crippen LogP contribution in [0.1, 0.15) is 18.5 Å². The Hall–Kier alpha value is -2.03. The third-order valence-electron chi connectivity index (χ3n) is 3.78. The molecule has 1 heterocycles. The summed E-state index contributed by atoms with van der Waals surface area (Å²) in [6, 6.07) is 9.70. The van der Waals surface area contributed by atoms with Gasteiger partial charge in [-0.3, -0.25) is 4.79 Å². The number of fused-ring (bicyclic) bond motifs is 1. The zero-order valence-electron chi connectivity index (χ0n) is 13.0. The van der Waals surface area contributed by atoms with E-state index in [0.717, 1.165) is 11.3 Å². The Kier molecular flexibility index (Phi) is 4.29. The standard InChI is InChI=1S/C16H15FN2O3S2/c1-10(11-3-5-12(17)6-4-11)18-24(21,22)13-7-8-14-15(9-13)23-16(20)19(14)2/h3-10,18H,1-2H3. The Morgan fingerprint density at radius 1 is 1.17 bits per heavy atom. The number of nitrogens with one attached hydrogen (secondary N) is 1. The molecule has 0 saturated heterocycles. The summed E-state index contributed by atoms with van der Waals surface area (Å²) >= 11 is 0.999. The van der Waals surface area contributed by atoms with Crippen LogP contribution >= 0.6 is 11.3 Å². The van der Waals surface area contributed by atoms with E-state index in [1.54, 1.807) is 20.0 Å². The SMILES string of the molecule is CC(NS(=O)(=O)c1ccc2c(c1)sc(=O)n2C)c1ccc(F)cc1. The fraction of sp³-hybridized carbons (Fsp3) is 0.188. The number of halogens is 1. The van der Waals surface area contributed by atoms with Crippen molar-refractivity contribution in [3.63, 3.8) is 0 Å². The molecule has 3 aromatic rings. The molecule has 126 valence electrons. The van der Waals surface area contributed by atoms with E-state index < -0.39 is 16.1 Å². The smallest absolute Gasteiger partial charge is 0.302 e. The summed E-state index contributed by atoms with van der Waals surface area (Å²) in [5.41, 5.74) is 1.35. The lowest BCUT2D eigenvalue weighted by molar-refractivity contribution is 0.566. The van der Waals surface area contributed by atoms with Crippen molar-refractivity contribution in [2.75, 3.05) is 0 Å². The van der Waals surface area contributed by atoms with Gasteiger partial charge in [0.15, 0.2) is 0 Å². The highest BCUT2D eigenvalue weighted by Crippen LogP contribution is 2.23. The minimum atomic E-state index is -3.76. The number of sulfonamides is 1. The molecular formula is C16H15FN2O3S2. The van der Waals surface area contributed by atoms with Gasteiger partial charge in [0, 0.05) is 13.1 Å². The monoisotopic (exact) mass is 366 g/mol. The van der Waals surface area contributed by atoms with Gasteiger partial charge in [0.25, 0.3) is 0 Å². The van der Waals surface area contributed by atoms with E-state index in [1.807, 2.05) is 0 Å². The fourth-order valence-electron chi connectivity index (χ4n) is 2.40. The first-order valence-corrected chi connectivity index (χ1v) is 9.45. The van der Waals surface area contributed by atoms with Crippen LogP contribution in [0.2, 0.25) is 0 Å². The first-order chi connectivity index (χ1) is 11.3. The van der Waals surface area contributed by atoms with Crippen molar-refractivity contribution in [1.82, 2.24) is 9.29 Å². The normalized spacial score (nSPS) is 13.3. The van der Waals surface area contributed by atoms with Crippen LogP contribution in [0.3, 0.4) is 0 Å². The zero-order valence-corrected chi connectivity index (χ0v) is 14.6. The molecule has 0 fully saturated rings. The molecule has 0 bridgehead atoms. The predicted molar refractivity (Wildman–Crippen MR) is 92.2 cm³/mol. The zero-order chi connectivity index (χ0) is 17.5. The van der Waals surface area contributed by atoms with Crippen molar-refractivity contribution in [2.24, 2.45) is 7.05 Å². The van der Waals surface area contributed by atoms with Crippen LogP contribution in [-0.2, 0) is 17.1 Å². The van der Waals surface area contributed by atoms with Gasteiger partial charge in [-0.2, -0.15) is 0 Å². The fourth-order valence-corrected chi connectivity index (χ4v) is 4.65. The van der Waals surface area contributed by atoms with Crippen LogP contribution in [0.25, 0.3) is 10.2 Å². The van der Waals surface area contributed by atoms with E-state index >= 15 is 0 Å². The van der Waals surface area contributed by atoms with Crippen molar-refractivity contribution in [3.05, 3.63) is 63.5 Å². The third kappa shape index (κ3) is 3.12. The number of benzene rings is 2. The van der Waals surface area contributed by atoms with Gasteiger partial charge in [-0.25, -0.2) is 17.5 Å². The van der Waals surface area contributed by atoms with Crippen LogP contribution in [0, 0.1) is 5.82 Å². The Bertz CT molecular complexity index is 1050. The maximum atomic E-state index is 13.0. The molecule has 1 aromatic heterocycles. The number of hydrogen-bond acceptors (Lipinski definition) is 4. The Morgan fingerprint density at radius 3 is 2.50 bits per heavy atom. The highest BCUT2D eigenvalue weighted by atomic mass is 32.2. The van der Waals surface area contributed by atoms with Gasteiger partial charge in [-0.1, -0.05) is 23.5 Å². The van der Waals surface area contributed by atoms with Crippen LogP contribution in [0.4, 0.5) is 4.39 Å². The molecule has 0 saturated carbocycles. The molecule has 1 unspecified atom stereocenters. The first-order valence-electron chi connectivity index (χ1n) is 7.15. The highest BCUT2D eigenvalue weighted by molar-refractivity contribution is 7.89. The molecule has 2 aromatic carbocycles. The molecule has 0 aliphatic rings. The van der Waals surface area contributed by atoms with Gasteiger partial charge in [0.1, 0.15) is 5.82 Å². The van der Waals surface area contributed by atoms with Gasteiger partial charge in [0.05, 0.1) is 15.1 Å². The summed E-state index contributed by atoms with van der Waals surface area (Å²) in [5.74, 6) is -0.377. The summed E-state index contributed by atoms with van der Waals surface area (Å²) in [7, 11) is -2.12. The molecular weight excluding hydrogens is 351 g/mol. The predicted octanol–water partition coefficient (Wildman–Crippen LogP) is 2.78. The molecule has 0 radical (unpaired) electrons. The van der Waals surface area contributed by atoms with E-state index in [0.29, 0.717) is 15.8 Å². The lowest BCUT2D eigenvalue weighted by Gasteiger charge is -2.14. The maximum Gasteiger partial charge on any atom is 0.307 e. The van der Waals surface area contributed by atoms with E-state index in [9.17, 15) is 17.6 Å². The number of thiazole rings is 1. The van der Waals surface area contributed by atoms with Gasteiger partial charge in [-0.05, 0) is 42.8 Å². The summed E-state index contributed by atoms with van der Waals surface area (Å²) in [6.45, 7) is 1.68. The van der Waals surface area contributed by atoms with E-state index in [1.165, 1.54) is 41.0 Å². The van der Waals surface area contributed by atoms with E-state index in [2.05, 4.69) is 4.72 Å². The minimum absolute atomic E-state index is 0.0887. The molecule has 0 aliphatic heterocycles. The lowest BCUT2D eigenvalue weighted by atomic mass is 10.1. The molecule has 0 aliphatic carbocycles. The second-order valence-electron chi connectivity index (χ2n) is 5.45. The van der Waals surface area contributed by atoms with Crippen LogP contribution in [0.15, 0.2) is 52.2 Å². The second-order valence-corrected chi connectivity index (χ2v) is 8.16. The average molecular weight is 366 g/mol. The topological polar surface area (TPSA) is 68.2 Å². The van der Waals surface area contributed by atoms with Crippen molar-refractivity contribution in [3.8, 4) is 0 Å². The molecule has 8 heteroatoms. The quantitative estimate of drug-likeness (QED) is 0.772. The van der Waals surface area contributed by atoms with Crippen molar-refractivity contribution >= 4 is 31.6 Å². The Balaban J connectivity index is 1.92. The summed E-state index contributed by atoms with van der Waals surface area (Å²) < 4.78 is 42.7. The van der Waals surface area contributed by atoms with Gasteiger partial charge in [-0.15, -0.1) is 0 Å². The van der Waals surface area contributed by atoms with Crippen molar-refractivity contribution in [1.29, 1.82) is 0 Å². The average Bonchev–Trinajstić information content (AvgIpc) is 2.82. The number of nitrogens with zero attached hydrogens (tertiary/aromatic N) is 1. The van der Waals surface area contributed by atoms with Crippen LogP contribution in [-0.4, -0.2) is 13.0 Å². The van der Waals surface area contributed by atoms with Crippen LogP contribution in [0.5, 0.6) is 0 Å². The van der Waals surface area contributed by atoms with Gasteiger partial charge >= 0.3 is 4.87 Å². The van der Waals surface area contributed by atoms with Crippen molar-refractivity contribution in [2.45, 2.75) is 17.9 Å². The second kappa shape index (κ2) is 6.12. The Morgan fingerprint density at radius 2 is 1.83 bits per heavy atom. The summed E-state index contributed by atoms with van der Waals surface area (Å²) in [4.78, 5) is 11.6. The van der Waals surface area contributed by atoms with E-state index in [4.69, 9.17) is 0 Å². The lowest BCUT2D eigenvalue weighted by Crippen LogP contribution is -2.26. The number of aryl methyl sites for hydroxylation is 1. The third-order valence-corrected chi connectivity index (χ3v) is 6.31. The maximum absolute atomic E-state index is 13.0. The van der Waals surface area contributed by atoms with E-state index in [-0.39, 0.29) is 15.6 Å². The highest BCUT2D eigenvalue weighted by Gasteiger charge is 2.19. The summed E-state index contributed by atoms with van der Waals surface area (Å²) in [6.07, 6.45) is 0.